The molecule has 0 aliphatic rings. The van der Waals surface area contributed by atoms with Crippen LogP contribution < -0.4 is 15.4 Å². The van der Waals surface area contributed by atoms with Gasteiger partial charge in [0.25, 0.3) is 0 Å². The second kappa shape index (κ2) is 7.84. The Morgan fingerprint density at radius 2 is 1.86 bits per heavy atom. The summed E-state index contributed by atoms with van der Waals surface area (Å²) in [7, 11) is 0. The van der Waals surface area contributed by atoms with Crippen LogP contribution in [0.5, 0.6) is 5.75 Å². The van der Waals surface area contributed by atoms with E-state index in [0.717, 1.165) is 21.6 Å². The number of carbonyl (C=O) groups is 1. The van der Waals surface area contributed by atoms with Crippen LogP contribution in [-0.2, 0) is 4.79 Å². The van der Waals surface area contributed by atoms with E-state index in [1.54, 1.807) is 0 Å². The minimum Gasteiger partial charge on any atom is -0.491 e. The van der Waals surface area contributed by atoms with Crippen molar-refractivity contribution < 1.29 is 9.53 Å². The van der Waals surface area contributed by atoms with Crippen LogP contribution in [0.25, 0.3) is 0 Å². The van der Waals surface area contributed by atoms with E-state index in [1.165, 1.54) is 0 Å². The first kappa shape index (κ1) is 16.4. The summed E-state index contributed by atoms with van der Waals surface area (Å²) in [6, 6.07) is 15.1. The quantitative estimate of drug-likeness (QED) is 0.805. The van der Waals surface area contributed by atoms with Crippen molar-refractivity contribution in [3.8, 4) is 5.75 Å². The first-order valence-electron chi connectivity index (χ1n) is 7.09. The van der Waals surface area contributed by atoms with Crippen molar-refractivity contribution in [2.75, 3.05) is 17.2 Å². The summed E-state index contributed by atoms with van der Waals surface area (Å²) in [5, 5.41) is 5.93. The zero-order valence-electron chi connectivity index (χ0n) is 12.6. The number of hydrogen-bond acceptors (Lipinski definition) is 3. The molecule has 5 heteroatoms. The van der Waals surface area contributed by atoms with Gasteiger partial charge in [-0.2, -0.15) is 0 Å². The Balaban J connectivity index is 1.89. The maximum absolute atomic E-state index is 12.0. The van der Waals surface area contributed by atoms with Gasteiger partial charge < -0.3 is 15.4 Å². The average molecular weight is 363 g/mol. The lowest BCUT2D eigenvalue weighted by Crippen LogP contribution is -2.21. The molecule has 0 unspecified atom stereocenters. The number of ether oxygens (including phenoxy) is 1. The van der Waals surface area contributed by atoms with Crippen molar-refractivity contribution in [2.45, 2.75) is 20.0 Å². The second-order valence-corrected chi connectivity index (χ2v) is 6.02. The second-order valence-electron chi connectivity index (χ2n) is 5.11. The molecular formula is C17H19BrN2O2. The van der Waals surface area contributed by atoms with E-state index >= 15 is 0 Å². The molecule has 0 fully saturated rings. The summed E-state index contributed by atoms with van der Waals surface area (Å²) in [6.45, 7) is 4.13. The van der Waals surface area contributed by atoms with Crippen LogP contribution in [0.15, 0.2) is 53.0 Å². The third-order valence-corrected chi connectivity index (χ3v) is 3.26. The molecule has 2 aromatic rings. The number of carbonyl (C=O) groups excluding carboxylic acids is 1. The molecule has 2 aromatic carbocycles. The third kappa shape index (κ3) is 5.41. The van der Waals surface area contributed by atoms with Gasteiger partial charge in [0, 0.05) is 21.9 Å². The number of halogens is 1. The third-order valence-electron chi connectivity index (χ3n) is 2.77. The van der Waals surface area contributed by atoms with E-state index in [1.807, 2.05) is 62.4 Å². The molecule has 0 aromatic heterocycles. The van der Waals surface area contributed by atoms with Crippen LogP contribution in [0.4, 0.5) is 11.4 Å². The molecule has 2 rings (SSSR count). The van der Waals surface area contributed by atoms with Crippen molar-refractivity contribution in [2.24, 2.45) is 0 Å². The molecule has 0 saturated carbocycles. The average Bonchev–Trinajstić information content (AvgIpc) is 2.45. The highest BCUT2D eigenvalue weighted by Gasteiger charge is 2.04. The highest BCUT2D eigenvalue weighted by atomic mass is 79.9. The number of anilines is 2. The first-order chi connectivity index (χ1) is 10.5. The Labute approximate surface area is 139 Å². The van der Waals surface area contributed by atoms with Crippen LogP contribution >= 0.6 is 15.9 Å². The Kier molecular flexibility index (Phi) is 5.83. The SMILES string of the molecule is CC(C)Oc1cccc(NC(=O)CNc2cccc(Br)c2)c1. The van der Waals surface area contributed by atoms with Crippen molar-refractivity contribution >= 4 is 33.2 Å². The molecule has 4 nitrogen and oxygen atoms in total. The predicted molar refractivity (Wildman–Crippen MR) is 93.5 cm³/mol. The van der Waals surface area contributed by atoms with Crippen LogP contribution in [0.1, 0.15) is 13.8 Å². The van der Waals surface area contributed by atoms with Gasteiger partial charge in [-0.05, 0) is 44.2 Å². The van der Waals surface area contributed by atoms with Gasteiger partial charge in [-0.15, -0.1) is 0 Å². The molecule has 0 bridgehead atoms. The molecule has 0 atom stereocenters. The van der Waals surface area contributed by atoms with Gasteiger partial charge in [0.1, 0.15) is 5.75 Å². The van der Waals surface area contributed by atoms with E-state index in [4.69, 9.17) is 4.74 Å². The maximum Gasteiger partial charge on any atom is 0.243 e. The topological polar surface area (TPSA) is 50.4 Å². The Hall–Kier alpha value is -2.01. The number of amides is 1. The summed E-state index contributed by atoms with van der Waals surface area (Å²) in [5.41, 5.74) is 1.61. The largest absolute Gasteiger partial charge is 0.491 e. The lowest BCUT2D eigenvalue weighted by molar-refractivity contribution is -0.114. The summed E-state index contributed by atoms with van der Waals surface area (Å²) in [5.74, 6) is 0.634. The Morgan fingerprint density at radius 1 is 1.14 bits per heavy atom. The fraction of sp³-hybridized carbons (Fsp3) is 0.235. The molecule has 0 spiro atoms. The minimum atomic E-state index is -0.110. The molecule has 0 aliphatic carbocycles. The number of benzene rings is 2. The van der Waals surface area contributed by atoms with Gasteiger partial charge in [0.15, 0.2) is 0 Å². The summed E-state index contributed by atoms with van der Waals surface area (Å²) in [4.78, 5) is 12.0. The van der Waals surface area contributed by atoms with E-state index in [2.05, 4.69) is 26.6 Å². The summed E-state index contributed by atoms with van der Waals surface area (Å²) < 4.78 is 6.58. The molecular weight excluding hydrogens is 344 g/mol. The van der Waals surface area contributed by atoms with Gasteiger partial charge in [-0.3, -0.25) is 4.79 Å². The van der Waals surface area contributed by atoms with Gasteiger partial charge in [-0.1, -0.05) is 28.1 Å². The Bertz CT molecular complexity index is 644. The monoisotopic (exact) mass is 362 g/mol. The van der Waals surface area contributed by atoms with Crippen molar-refractivity contribution in [1.29, 1.82) is 0 Å². The molecule has 0 saturated heterocycles. The van der Waals surface area contributed by atoms with E-state index < -0.39 is 0 Å². The van der Waals surface area contributed by atoms with E-state index in [-0.39, 0.29) is 18.6 Å². The lowest BCUT2D eigenvalue weighted by atomic mass is 10.3. The normalized spacial score (nSPS) is 10.4. The molecule has 2 N–H and O–H groups in total. The maximum atomic E-state index is 12.0. The van der Waals surface area contributed by atoms with Gasteiger partial charge in [0.05, 0.1) is 12.6 Å². The molecule has 1 amide bonds. The fourth-order valence-corrected chi connectivity index (χ4v) is 2.30. The minimum absolute atomic E-state index is 0.101. The molecule has 116 valence electrons. The van der Waals surface area contributed by atoms with Crippen LogP contribution in [0.2, 0.25) is 0 Å². The van der Waals surface area contributed by atoms with Gasteiger partial charge >= 0.3 is 0 Å². The molecule has 0 aliphatic heterocycles. The predicted octanol–water partition coefficient (Wildman–Crippen LogP) is 4.29. The fourth-order valence-electron chi connectivity index (χ4n) is 1.91. The van der Waals surface area contributed by atoms with Gasteiger partial charge in [-0.25, -0.2) is 0 Å². The van der Waals surface area contributed by atoms with Crippen LogP contribution in [-0.4, -0.2) is 18.6 Å². The highest BCUT2D eigenvalue weighted by molar-refractivity contribution is 9.10. The standard InChI is InChI=1S/C17H19BrN2O2/c1-12(2)22-16-8-4-7-15(10-16)20-17(21)11-19-14-6-3-5-13(18)9-14/h3-10,12,19H,11H2,1-2H3,(H,20,21). The van der Waals surface area contributed by atoms with Crippen molar-refractivity contribution in [1.82, 2.24) is 0 Å². The number of rotatable bonds is 6. The molecule has 0 heterocycles. The molecule has 22 heavy (non-hydrogen) atoms. The summed E-state index contributed by atoms with van der Waals surface area (Å²) in [6.07, 6.45) is 0.101. The number of hydrogen-bond donors (Lipinski definition) is 2. The zero-order chi connectivity index (χ0) is 15.9. The van der Waals surface area contributed by atoms with Gasteiger partial charge in [0.2, 0.25) is 5.91 Å². The Morgan fingerprint density at radius 3 is 2.59 bits per heavy atom. The molecule has 0 radical (unpaired) electrons. The zero-order valence-corrected chi connectivity index (χ0v) is 14.2. The van der Waals surface area contributed by atoms with Crippen molar-refractivity contribution in [3.05, 3.63) is 53.0 Å². The van der Waals surface area contributed by atoms with Crippen molar-refractivity contribution in [3.63, 3.8) is 0 Å². The van der Waals surface area contributed by atoms with E-state index in [0.29, 0.717) is 0 Å². The van der Waals surface area contributed by atoms with Crippen LogP contribution in [0, 0.1) is 0 Å². The summed E-state index contributed by atoms with van der Waals surface area (Å²) >= 11 is 3.40. The first-order valence-corrected chi connectivity index (χ1v) is 7.88. The smallest absolute Gasteiger partial charge is 0.243 e. The number of nitrogens with one attached hydrogen (secondary N) is 2. The highest BCUT2D eigenvalue weighted by Crippen LogP contribution is 2.19. The lowest BCUT2D eigenvalue weighted by Gasteiger charge is -2.12. The van der Waals surface area contributed by atoms with E-state index in [9.17, 15) is 4.79 Å². The van der Waals surface area contributed by atoms with Crippen LogP contribution in [0.3, 0.4) is 0 Å².